The molecule has 19 heavy (non-hydrogen) atoms. The van der Waals surface area contributed by atoms with Crippen molar-refractivity contribution in [2.45, 2.75) is 25.8 Å². The van der Waals surface area contributed by atoms with Gasteiger partial charge in [0.05, 0.1) is 5.56 Å². The van der Waals surface area contributed by atoms with Gasteiger partial charge in [-0.1, -0.05) is 0 Å². The van der Waals surface area contributed by atoms with Crippen molar-refractivity contribution in [3.63, 3.8) is 0 Å². The summed E-state index contributed by atoms with van der Waals surface area (Å²) in [5.41, 5.74) is 2.51. The van der Waals surface area contributed by atoms with E-state index in [9.17, 15) is 4.79 Å². The summed E-state index contributed by atoms with van der Waals surface area (Å²) in [7, 11) is 4.26. The first kappa shape index (κ1) is 13.9. The summed E-state index contributed by atoms with van der Waals surface area (Å²) in [6.45, 7) is 4.21. The van der Waals surface area contributed by atoms with E-state index in [1.807, 2.05) is 13.0 Å². The highest BCUT2D eigenvalue weighted by atomic mass is 16.4. The number of likely N-dealkylation sites (tertiary alicyclic amines) is 1. The maximum Gasteiger partial charge on any atom is 0.335 e. The van der Waals surface area contributed by atoms with E-state index in [1.54, 1.807) is 12.1 Å². The SMILES string of the molecule is Cc1cc(C(=O)O)ccc1N(C)C1CCCN(C)C1. The number of aromatic carboxylic acids is 1. The first-order chi connectivity index (χ1) is 8.99. The summed E-state index contributed by atoms with van der Waals surface area (Å²) >= 11 is 0. The molecule has 1 N–H and O–H groups in total. The van der Waals surface area contributed by atoms with Gasteiger partial charge in [0.2, 0.25) is 0 Å². The second-order valence-corrected chi connectivity index (χ2v) is 5.48. The monoisotopic (exact) mass is 262 g/mol. The van der Waals surface area contributed by atoms with E-state index in [0.717, 1.165) is 17.8 Å². The molecule has 104 valence electrons. The van der Waals surface area contributed by atoms with Crippen LogP contribution in [-0.4, -0.2) is 49.2 Å². The van der Waals surface area contributed by atoms with Gasteiger partial charge in [-0.15, -0.1) is 0 Å². The van der Waals surface area contributed by atoms with Gasteiger partial charge in [0.25, 0.3) is 0 Å². The number of aryl methyl sites for hydroxylation is 1. The molecule has 4 nitrogen and oxygen atoms in total. The Kier molecular flexibility index (Phi) is 4.10. The van der Waals surface area contributed by atoms with Gasteiger partial charge < -0.3 is 14.9 Å². The van der Waals surface area contributed by atoms with E-state index in [1.165, 1.54) is 19.4 Å². The smallest absolute Gasteiger partial charge is 0.335 e. The summed E-state index contributed by atoms with van der Waals surface area (Å²) in [6.07, 6.45) is 2.42. The van der Waals surface area contributed by atoms with Gasteiger partial charge in [-0.05, 0) is 57.1 Å². The highest BCUT2D eigenvalue weighted by Gasteiger charge is 2.22. The Bertz CT molecular complexity index is 473. The Morgan fingerprint density at radius 1 is 1.47 bits per heavy atom. The van der Waals surface area contributed by atoms with Gasteiger partial charge in [-0.3, -0.25) is 0 Å². The van der Waals surface area contributed by atoms with Crippen LogP contribution in [0, 0.1) is 6.92 Å². The van der Waals surface area contributed by atoms with Crippen molar-refractivity contribution in [2.24, 2.45) is 0 Å². The summed E-state index contributed by atoms with van der Waals surface area (Å²) < 4.78 is 0. The Morgan fingerprint density at radius 2 is 2.21 bits per heavy atom. The molecule has 1 aliphatic heterocycles. The Morgan fingerprint density at radius 3 is 2.79 bits per heavy atom. The number of carboxylic acid groups (broad SMARTS) is 1. The average molecular weight is 262 g/mol. The summed E-state index contributed by atoms with van der Waals surface area (Å²) in [4.78, 5) is 15.6. The lowest BCUT2D eigenvalue weighted by molar-refractivity contribution is 0.0697. The van der Waals surface area contributed by atoms with Crippen LogP contribution in [0.1, 0.15) is 28.8 Å². The zero-order chi connectivity index (χ0) is 14.0. The summed E-state index contributed by atoms with van der Waals surface area (Å²) in [5.74, 6) is -0.866. The fraction of sp³-hybridized carbons (Fsp3) is 0.533. The zero-order valence-corrected chi connectivity index (χ0v) is 11.9. The minimum Gasteiger partial charge on any atom is -0.478 e. The second kappa shape index (κ2) is 5.61. The molecule has 1 saturated heterocycles. The lowest BCUT2D eigenvalue weighted by atomic mass is 10.0. The molecule has 0 aliphatic carbocycles. The minimum atomic E-state index is -0.866. The molecular formula is C15H22N2O2. The first-order valence-corrected chi connectivity index (χ1v) is 6.74. The lowest BCUT2D eigenvalue weighted by Crippen LogP contribution is -2.45. The molecule has 1 aromatic carbocycles. The number of hydrogen-bond acceptors (Lipinski definition) is 3. The Labute approximate surface area is 114 Å². The van der Waals surface area contributed by atoms with E-state index >= 15 is 0 Å². The van der Waals surface area contributed by atoms with Crippen molar-refractivity contribution in [1.29, 1.82) is 0 Å². The quantitative estimate of drug-likeness (QED) is 0.907. The average Bonchev–Trinajstić information content (AvgIpc) is 2.37. The molecule has 1 aliphatic rings. The lowest BCUT2D eigenvalue weighted by Gasteiger charge is -2.37. The van der Waals surface area contributed by atoms with Crippen LogP contribution < -0.4 is 4.90 Å². The van der Waals surface area contributed by atoms with Crippen LogP contribution in [0.25, 0.3) is 0 Å². The zero-order valence-electron chi connectivity index (χ0n) is 11.9. The van der Waals surface area contributed by atoms with Gasteiger partial charge in [0, 0.05) is 25.3 Å². The second-order valence-electron chi connectivity index (χ2n) is 5.48. The number of likely N-dealkylation sites (N-methyl/N-ethyl adjacent to an activating group) is 2. The number of carbonyl (C=O) groups is 1. The number of anilines is 1. The van der Waals surface area contributed by atoms with Crippen LogP contribution in [0.15, 0.2) is 18.2 Å². The Hall–Kier alpha value is -1.55. The van der Waals surface area contributed by atoms with Gasteiger partial charge in [-0.2, -0.15) is 0 Å². The molecule has 1 atom stereocenters. The highest BCUT2D eigenvalue weighted by Crippen LogP contribution is 2.25. The number of rotatable bonds is 3. The maximum atomic E-state index is 11.0. The van der Waals surface area contributed by atoms with Gasteiger partial charge in [0.15, 0.2) is 0 Å². The third-order valence-corrected chi connectivity index (χ3v) is 3.97. The molecule has 0 radical (unpaired) electrons. The largest absolute Gasteiger partial charge is 0.478 e. The predicted molar refractivity (Wildman–Crippen MR) is 77.1 cm³/mol. The molecule has 0 aromatic heterocycles. The molecule has 1 aromatic rings. The molecule has 1 heterocycles. The molecule has 0 spiro atoms. The first-order valence-electron chi connectivity index (χ1n) is 6.74. The van der Waals surface area contributed by atoms with Crippen molar-refractivity contribution < 1.29 is 9.90 Å². The molecular weight excluding hydrogens is 240 g/mol. The maximum absolute atomic E-state index is 11.0. The van der Waals surface area contributed by atoms with Crippen LogP contribution in [0.3, 0.4) is 0 Å². The number of hydrogen-bond donors (Lipinski definition) is 1. The molecule has 1 fully saturated rings. The van der Waals surface area contributed by atoms with Crippen molar-refractivity contribution in [2.75, 3.05) is 32.1 Å². The van der Waals surface area contributed by atoms with Crippen molar-refractivity contribution in [3.05, 3.63) is 29.3 Å². The van der Waals surface area contributed by atoms with Gasteiger partial charge >= 0.3 is 5.97 Å². The number of nitrogens with zero attached hydrogens (tertiary/aromatic N) is 2. The highest BCUT2D eigenvalue weighted by molar-refractivity contribution is 5.88. The molecule has 0 bridgehead atoms. The van der Waals surface area contributed by atoms with Crippen LogP contribution in [0.2, 0.25) is 0 Å². The van der Waals surface area contributed by atoms with Crippen molar-refractivity contribution >= 4 is 11.7 Å². The topological polar surface area (TPSA) is 43.8 Å². The standard InChI is InChI=1S/C15H22N2O2/c1-11-9-12(15(18)19)6-7-14(11)17(3)13-5-4-8-16(2)10-13/h6-7,9,13H,4-5,8,10H2,1-3H3,(H,18,19). The van der Waals surface area contributed by atoms with E-state index in [2.05, 4.69) is 23.9 Å². The predicted octanol–water partition coefficient (Wildman–Crippen LogP) is 2.22. The van der Waals surface area contributed by atoms with E-state index in [4.69, 9.17) is 5.11 Å². The fourth-order valence-electron chi connectivity index (χ4n) is 2.84. The molecule has 4 heteroatoms. The van der Waals surface area contributed by atoms with E-state index in [0.29, 0.717) is 11.6 Å². The van der Waals surface area contributed by atoms with Gasteiger partial charge in [0.1, 0.15) is 0 Å². The van der Waals surface area contributed by atoms with Crippen molar-refractivity contribution in [1.82, 2.24) is 4.90 Å². The van der Waals surface area contributed by atoms with Crippen molar-refractivity contribution in [3.8, 4) is 0 Å². The van der Waals surface area contributed by atoms with Crippen LogP contribution in [0.5, 0.6) is 0 Å². The number of carboxylic acids is 1. The molecule has 2 rings (SSSR count). The fourth-order valence-corrected chi connectivity index (χ4v) is 2.84. The van der Waals surface area contributed by atoms with Gasteiger partial charge in [-0.25, -0.2) is 4.79 Å². The van der Waals surface area contributed by atoms with Crippen LogP contribution >= 0.6 is 0 Å². The minimum absolute atomic E-state index is 0.357. The Balaban J connectivity index is 2.19. The number of piperidine rings is 1. The van der Waals surface area contributed by atoms with Crippen LogP contribution in [0.4, 0.5) is 5.69 Å². The van der Waals surface area contributed by atoms with E-state index < -0.39 is 5.97 Å². The summed E-state index contributed by atoms with van der Waals surface area (Å²) in [6, 6.07) is 5.87. The van der Waals surface area contributed by atoms with Crippen LogP contribution in [-0.2, 0) is 0 Å². The third kappa shape index (κ3) is 3.07. The summed E-state index contributed by atoms with van der Waals surface area (Å²) in [5, 5.41) is 9.00. The number of benzene rings is 1. The molecule has 1 unspecified atom stereocenters. The van der Waals surface area contributed by atoms with E-state index in [-0.39, 0.29) is 0 Å². The molecule has 0 amide bonds. The third-order valence-electron chi connectivity index (χ3n) is 3.97. The normalized spacial score (nSPS) is 20.3. The molecule has 0 saturated carbocycles.